The maximum atomic E-state index is 12.6. The fourth-order valence-corrected chi connectivity index (χ4v) is 7.53. The molecular weight excluding hydrogens is 544 g/mol. The molecule has 4 aliphatic heterocycles. The first-order valence-corrected chi connectivity index (χ1v) is 14.4. The summed E-state index contributed by atoms with van der Waals surface area (Å²) < 4.78 is 29.0. The Labute approximate surface area is 244 Å². The Morgan fingerprint density at radius 1 is 1.10 bits per heavy atom. The Hall–Kier alpha value is -3.54. The van der Waals surface area contributed by atoms with E-state index >= 15 is 0 Å². The molecule has 2 bridgehead atoms. The number of carbonyl (C=O) groups is 2. The van der Waals surface area contributed by atoms with Crippen LogP contribution in [0.3, 0.4) is 0 Å². The number of ether oxygens (including phenoxy) is 5. The number of phenolic OH excluding ortho intramolecular Hbond substituents is 1. The van der Waals surface area contributed by atoms with Crippen molar-refractivity contribution in [2.45, 2.75) is 83.8 Å². The quantitative estimate of drug-likeness (QED) is 0.385. The summed E-state index contributed by atoms with van der Waals surface area (Å²) in [6, 6.07) is 0.348. The number of aromatic hydroxyl groups is 1. The zero-order chi connectivity index (χ0) is 30.0. The molecule has 1 fully saturated rings. The third-order valence-electron chi connectivity index (χ3n) is 9.20. The Balaban J connectivity index is 1.57. The molecule has 2 aromatic carbocycles. The maximum Gasteiger partial charge on any atom is 0.308 e. The molecule has 0 aromatic heterocycles. The average molecular weight is 583 g/mol. The minimum Gasteiger partial charge on any atom is -0.504 e. The summed E-state index contributed by atoms with van der Waals surface area (Å²) in [6.45, 7) is 6.92. The molecule has 226 valence electrons. The number of aryl methyl sites for hydroxylation is 1. The average Bonchev–Trinajstić information content (AvgIpc) is 3.43. The molecule has 0 amide bonds. The maximum absolute atomic E-state index is 12.6. The number of phenols is 1. The van der Waals surface area contributed by atoms with Gasteiger partial charge in [0.25, 0.3) is 0 Å². The zero-order valence-electron chi connectivity index (χ0n) is 24.9. The zero-order valence-corrected chi connectivity index (χ0v) is 24.9. The number of benzene rings is 2. The number of esters is 2. The smallest absolute Gasteiger partial charge is 0.308 e. The van der Waals surface area contributed by atoms with E-state index in [1.54, 1.807) is 0 Å². The molecule has 6 rings (SSSR count). The lowest BCUT2D eigenvalue weighted by Gasteiger charge is -2.60. The van der Waals surface area contributed by atoms with Crippen molar-refractivity contribution >= 4 is 11.9 Å². The number of carbonyl (C=O) groups excluding carboxylic acids is 2. The Morgan fingerprint density at radius 3 is 2.52 bits per heavy atom. The van der Waals surface area contributed by atoms with E-state index in [9.17, 15) is 19.8 Å². The molecule has 0 aliphatic carbocycles. The topological polar surface area (TPSA) is 127 Å². The number of methoxy groups -OCH3 is 1. The van der Waals surface area contributed by atoms with Gasteiger partial charge in [-0.2, -0.15) is 0 Å². The van der Waals surface area contributed by atoms with Crippen molar-refractivity contribution in [3.8, 4) is 28.7 Å². The van der Waals surface area contributed by atoms with E-state index in [0.29, 0.717) is 53.4 Å². The minimum atomic E-state index is -0.937. The summed E-state index contributed by atoms with van der Waals surface area (Å²) in [5.74, 6) is 1.04. The summed E-state index contributed by atoms with van der Waals surface area (Å²) >= 11 is 0. The second-order valence-corrected chi connectivity index (χ2v) is 11.6. The first-order valence-electron chi connectivity index (χ1n) is 14.4. The van der Waals surface area contributed by atoms with Crippen molar-refractivity contribution in [1.29, 1.82) is 0 Å². The molecule has 0 spiro atoms. The van der Waals surface area contributed by atoms with Gasteiger partial charge in [-0.3, -0.25) is 19.4 Å². The molecule has 2 N–H and O–H groups in total. The molecule has 11 heteroatoms. The van der Waals surface area contributed by atoms with Crippen molar-refractivity contribution in [2.24, 2.45) is 0 Å². The SMILES string of the molecule is CCCC(=O)OC[C@H]1c2c(c(OC(C)=O)c(C)c3c2OCO3)CC2[C@@H]3c4c(cc(C)c(OC)c4O)CC([C@H](O)N21)N3C. The van der Waals surface area contributed by atoms with Gasteiger partial charge in [-0.05, 0) is 51.3 Å². The lowest BCUT2D eigenvalue weighted by atomic mass is 9.73. The van der Waals surface area contributed by atoms with Crippen molar-refractivity contribution in [1.82, 2.24) is 9.80 Å². The van der Waals surface area contributed by atoms with Gasteiger partial charge in [-0.25, -0.2) is 0 Å². The highest BCUT2D eigenvalue weighted by molar-refractivity contribution is 5.74. The van der Waals surface area contributed by atoms with Crippen molar-refractivity contribution in [3.63, 3.8) is 0 Å². The van der Waals surface area contributed by atoms with Crippen LogP contribution in [0, 0.1) is 13.8 Å². The lowest BCUT2D eigenvalue weighted by molar-refractivity contribution is -0.183. The molecule has 2 aromatic rings. The number of likely N-dealkylation sites (N-methyl/N-ethyl adjacent to an activating group) is 1. The fraction of sp³-hybridized carbons (Fsp3) is 0.548. The molecule has 0 radical (unpaired) electrons. The first kappa shape index (κ1) is 28.6. The second kappa shape index (κ2) is 10.6. The highest BCUT2D eigenvalue weighted by atomic mass is 16.7. The van der Waals surface area contributed by atoms with Gasteiger partial charge in [-0.15, -0.1) is 0 Å². The van der Waals surface area contributed by atoms with E-state index in [1.165, 1.54) is 14.0 Å². The summed E-state index contributed by atoms with van der Waals surface area (Å²) in [6.07, 6.45) is 0.842. The van der Waals surface area contributed by atoms with Gasteiger partial charge in [0.05, 0.1) is 25.2 Å². The van der Waals surface area contributed by atoms with E-state index in [1.807, 2.05) is 38.8 Å². The standard InChI is InChI=1S/C31H38N2O9/c1-7-8-22(35)39-12-21-24-18(28(42-16(4)34)15(3)29-30(24)41-13-40-29)11-19-25-23-17(9-14(2)27(38-6)26(23)36)10-20(32(25)5)31(37)33(19)21/h9,19-21,25,31,36-37H,7-8,10-13H2,1-6H3/t19?,20?,21-,25+,31-/m0/s1. The van der Waals surface area contributed by atoms with Gasteiger partial charge in [0.1, 0.15) is 18.6 Å². The predicted molar refractivity (Wildman–Crippen MR) is 150 cm³/mol. The molecule has 2 unspecified atom stereocenters. The van der Waals surface area contributed by atoms with Crippen LogP contribution in [-0.4, -0.2) is 77.8 Å². The Bertz CT molecular complexity index is 1460. The van der Waals surface area contributed by atoms with Gasteiger partial charge in [-0.1, -0.05) is 13.0 Å². The number of rotatable bonds is 6. The largest absolute Gasteiger partial charge is 0.504 e. The van der Waals surface area contributed by atoms with Crippen LogP contribution in [0.2, 0.25) is 0 Å². The van der Waals surface area contributed by atoms with Crippen molar-refractivity contribution < 1.29 is 43.5 Å². The van der Waals surface area contributed by atoms with Crippen LogP contribution >= 0.6 is 0 Å². The molecule has 4 heterocycles. The van der Waals surface area contributed by atoms with Crippen LogP contribution < -0.4 is 18.9 Å². The van der Waals surface area contributed by atoms with Crippen molar-refractivity contribution in [2.75, 3.05) is 27.6 Å². The highest BCUT2D eigenvalue weighted by Crippen LogP contribution is 2.58. The lowest BCUT2D eigenvalue weighted by Crippen LogP contribution is -2.68. The number of piperazine rings is 1. The number of hydrogen-bond acceptors (Lipinski definition) is 11. The van der Waals surface area contributed by atoms with Crippen LogP contribution in [0.25, 0.3) is 0 Å². The molecule has 0 saturated carbocycles. The Kier molecular flexibility index (Phi) is 7.23. The van der Waals surface area contributed by atoms with Gasteiger partial charge >= 0.3 is 11.9 Å². The van der Waals surface area contributed by atoms with E-state index in [4.69, 9.17) is 23.7 Å². The Morgan fingerprint density at radius 2 is 1.83 bits per heavy atom. The van der Waals surface area contributed by atoms with Gasteiger partial charge in [0.2, 0.25) is 6.79 Å². The summed E-state index contributed by atoms with van der Waals surface area (Å²) in [7, 11) is 3.49. The number of aliphatic hydroxyl groups excluding tert-OH is 1. The molecule has 5 atom stereocenters. The van der Waals surface area contributed by atoms with Gasteiger partial charge in [0, 0.05) is 41.6 Å². The third kappa shape index (κ3) is 4.20. The number of hydrogen-bond donors (Lipinski definition) is 2. The van der Waals surface area contributed by atoms with E-state index in [-0.39, 0.29) is 43.6 Å². The van der Waals surface area contributed by atoms with E-state index in [2.05, 4.69) is 4.90 Å². The predicted octanol–water partition coefficient (Wildman–Crippen LogP) is 3.21. The minimum absolute atomic E-state index is 0.00512. The molecule has 1 saturated heterocycles. The van der Waals surface area contributed by atoms with Crippen LogP contribution in [0.5, 0.6) is 28.7 Å². The highest BCUT2D eigenvalue weighted by Gasteiger charge is 2.56. The van der Waals surface area contributed by atoms with Crippen LogP contribution in [-0.2, 0) is 27.2 Å². The van der Waals surface area contributed by atoms with Gasteiger partial charge in [0.15, 0.2) is 23.0 Å². The van der Waals surface area contributed by atoms with Crippen molar-refractivity contribution in [3.05, 3.63) is 39.4 Å². The van der Waals surface area contributed by atoms with Gasteiger partial charge < -0.3 is 33.9 Å². The first-order chi connectivity index (χ1) is 20.1. The second-order valence-electron chi connectivity index (χ2n) is 11.6. The van der Waals surface area contributed by atoms with E-state index < -0.39 is 24.3 Å². The number of nitrogens with zero attached hydrogens (tertiary/aromatic N) is 2. The molecular formula is C31H38N2O9. The fourth-order valence-electron chi connectivity index (χ4n) is 7.53. The summed E-state index contributed by atoms with van der Waals surface area (Å²) in [5.41, 5.74) is 4.56. The monoisotopic (exact) mass is 582 g/mol. The summed E-state index contributed by atoms with van der Waals surface area (Å²) in [4.78, 5) is 29.0. The van der Waals surface area contributed by atoms with Crippen LogP contribution in [0.1, 0.15) is 72.2 Å². The van der Waals surface area contributed by atoms with Crippen LogP contribution in [0.4, 0.5) is 0 Å². The normalized spacial score (nSPS) is 25.7. The molecule has 42 heavy (non-hydrogen) atoms. The number of aliphatic hydroxyl groups is 1. The molecule has 4 aliphatic rings. The van der Waals surface area contributed by atoms with E-state index in [0.717, 1.165) is 22.3 Å². The summed E-state index contributed by atoms with van der Waals surface area (Å²) in [5, 5.41) is 23.6. The number of fused-ring (bicyclic) bond motifs is 9. The van der Waals surface area contributed by atoms with Crippen LogP contribution in [0.15, 0.2) is 6.07 Å². The molecule has 11 nitrogen and oxygen atoms in total. The third-order valence-corrected chi connectivity index (χ3v) is 9.20.